The Hall–Kier alpha value is -2.18. The van der Waals surface area contributed by atoms with Crippen LogP contribution in [0.5, 0.6) is 0 Å². The van der Waals surface area contributed by atoms with E-state index in [0.717, 1.165) is 12.8 Å². The summed E-state index contributed by atoms with van der Waals surface area (Å²) >= 11 is 0. The summed E-state index contributed by atoms with van der Waals surface area (Å²) < 4.78 is 4.60. The number of carbonyl (C=O) groups excluding carboxylic acids is 1. The van der Waals surface area contributed by atoms with E-state index in [9.17, 15) is 14.7 Å². The van der Waals surface area contributed by atoms with Crippen molar-refractivity contribution in [1.82, 2.24) is 9.97 Å². The summed E-state index contributed by atoms with van der Waals surface area (Å²) in [5.41, 5.74) is -0.954. The number of aromatic nitrogens is 2. The second-order valence-corrected chi connectivity index (χ2v) is 4.94. The first-order chi connectivity index (χ1) is 9.49. The van der Waals surface area contributed by atoms with Crippen LogP contribution in [0.4, 0.5) is 5.82 Å². The quantitative estimate of drug-likeness (QED) is 0.828. The molecule has 1 aromatic rings. The van der Waals surface area contributed by atoms with Gasteiger partial charge in [-0.2, -0.15) is 0 Å². The molecule has 7 nitrogen and oxygen atoms in total. The minimum atomic E-state index is -1.03. The van der Waals surface area contributed by atoms with Crippen LogP contribution in [0.3, 0.4) is 0 Å². The number of carboxylic acid groups (broad SMARTS) is 1. The zero-order chi connectivity index (χ0) is 14.8. The lowest BCUT2D eigenvalue weighted by Crippen LogP contribution is -2.55. The molecule has 1 N–H and O–H groups in total. The van der Waals surface area contributed by atoms with E-state index in [0.29, 0.717) is 18.8 Å². The number of carbonyl (C=O) groups is 2. The Morgan fingerprint density at radius 2 is 2.15 bits per heavy atom. The fourth-order valence-corrected chi connectivity index (χ4v) is 2.40. The third-order valence-electron chi connectivity index (χ3n) is 3.64. The van der Waals surface area contributed by atoms with E-state index in [1.54, 1.807) is 11.8 Å². The molecule has 0 saturated carbocycles. The monoisotopic (exact) mass is 279 g/mol. The van der Waals surface area contributed by atoms with Crippen molar-refractivity contribution >= 4 is 17.8 Å². The molecule has 0 spiro atoms. The Bertz CT molecular complexity index is 534. The summed E-state index contributed by atoms with van der Waals surface area (Å²) in [5, 5.41) is 9.47. The number of ether oxygens (including phenoxy) is 1. The minimum absolute atomic E-state index is 0.0725. The first-order valence-electron chi connectivity index (χ1n) is 6.40. The molecule has 1 fully saturated rings. The molecule has 108 valence electrons. The number of esters is 1. The molecule has 0 aliphatic carbocycles. The van der Waals surface area contributed by atoms with Gasteiger partial charge in [0, 0.05) is 6.54 Å². The van der Waals surface area contributed by atoms with Crippen LogP contribution in [0.25, 0.3) is 0 Å². The Morgan fingerprint density at radius 1 is 1.40 bits per heavy atom. The van der Waals surface area contributed by atoms with E-state index in [-0.39, 0.29) is 5.69 Å². The van der Waals surface area contributed by atoms with Gasteiger partial charge in [-0.15, -0.1) is 0 Å². The molecule has 0 radical (unpaired) electrons. The molecule has 2 heterocycles. The summed E-state index contributed by atoms with van der Waals surface area (Å²) in [6.45, 7) is 2.24. The largest absolute Gasteiger partial charge is 0.480 e. The highest BCUT2D eigenvalue weighted by Gasteiger charge is 2.42. The lowest BCUT2D eigenvalue weighted by molar-refractivity contribution is -0.143. The molecule has 0 bridgehead atoms. The molecule has 1 aliphatic heterocycles. The maximum absolute atomic E-state index is 11.6. The van der Waals surface area contributed by atoms with Gasteiger partial charge < -0.3 is 14.7 Å². The molecule has 1 unspecified atom stereocenters. The van der Waals surface area contributed by atoms with Crippen LogP contribution in [-0.4, -0.2) is 46.2 Å². The molecular weight excluding hydrogens is 262 g/mol. The predicted molar refractivity (Wildman–Crippen MR) is 70.6 cm³/mol. The fraction of sp³-hybridized carbons (Fsp3) is 0.538. The van der Waals surface area contributed by atoms with Gasteiger partial charge in [-0.3, -0.25) is 4.98 Å². The molecule has 1 saturated heterocycles. The lowest BCUT2D eigenvalue weighted by atomic mass is 9.88. The number of nitrogens with zero attached hydrogens (tertiary/aromatic N) is 3. The van der Waals surface area contributed by atoms with E-state index < -0.39 is 17.5 Å². The summed E-state index contributed by atoms with van der Waals surface area (Å²) in [4.78, 5) is 32.9. The van der Waals surface area contributed by atoms with Crippen LogP contribution in [0.1, 0.15) is 36.7 Å². The van der Waals surface area contributed by atoms with Crippen molar-refractivity contribution < 1.29 is 19.4 Å². The number of piperidine rings is 1. The lowest BCUT2D eigenvalue weighted by Gasteiger charge is -2.42. The van der Waals surface area contributed by atoms with E-state index >= 15 is 0 Å². The number of hydrogen-bond donors (Lipinski definition) is 1. The van der Waals surface area contributed by atoms with Crippen LogP contribution >= 0.6 is 0 Å². The highest BCUT2D eigenvalue weighted by Crippen LogP contribution is 2.31. The molecule has 0 aromatic carbocycles. The standard InChI is InChI=1S/C13H17N3O4/c1-13(12(18)19)5-3-4-6-16(13)10-8-14-7-9(15-10)11(17)20-2/h7-8H,3-6H2,1-2H3,(H,18,19). The number of carboxylic acids is 1. The molecule has 1 aromatic heterocycles. The highest BCUT2D eigenvalue weighted by atomic mass is 16.5. The van der Waals surface area contributed by atoms with Gasteiger partial charge in [-0.05, 0) is 26.2 Å². The fourth-order valence-electron chi connectivity index (χ4n) is 2.40. The smallest absolute Gasteiger partial charge is 0.358 e. The van der Waals surface area contributed by atoms with Crippen LogP contribution in [-0.2, 0) is 9.53 Å². The van der Waals surface area contributed by atoms with Crippen molar-refractivity contribution in [2.45, 2.75) is 31.7 Å². The molecule has 1 aliphatic rings. The van der Waals surface area contributed by atoms with Crippen molar-refractivity contribution in [3.8, 4) is 0 Å². The van der Waals surface area contributed by atoms with E-state index in [4.69, 9.17) is 0 Å². The van der Waals surface area contributed by atoms with Gasteiger partial charge in [0.15, 0.2) is 5.69 Å². The van der Waals surface area contributed by atoms with E-state index in [1.165, 1.54) is 19.5 Å². The van der Waals surface area contributed by atoms with E-state index in [2.05, 4.69) is 14.7 Å². The normalized spacial score (nSPS) is 22.4. The molecule has 0 amide bonds. The first kappa shape index (κ1) is 14.2. The summed E-state index contributed by atoms with van der Waals surface area (Å²) in [5.74, 6) is -1.10. The first-order valence-corrected chi connectivity index (χ1v) is 6.40. The van der Waals surface area contributed by atoms with E-state index in [1.807, 2.05) is 0 Å². The number of aliphatic carboxylic acids is 1. The van der Waals surface area contributed by atoms with Gasteiger partial charge in [0.25, 0.3) is 0 Å². The average molecular weight is 279 g/mol. The van der Waals surface area contributed by atoms with Gasteiger partial charge in [-0.25, -0.2) is 14.6 Å². The topological polar surface area (TPSA) is 92.6 Å². The number of methoxy groups -OCH3 is 1. The molecular formula is C13H17N3O4. The van der Waals surface area contributed by atoms with Crippen molar-refractivity contribution in [1.29, 1.82) is 0 Å². The molecule has 20 heavy (non-hydrogen) atoms. The molecule has 7 heteroatoms. The van der Waals surface area contributed by atoms with Crippen molar-refractivity contribution in [2.75, 3.05) is 18.6 Å². The second-order valence-electron chi connectivity index (χ2n) is 4.94. The maximum atomic E-state index is 11.6. The average Bonchev–Trinajstić information content (AvgIpc) is 2.47. The molecule has 2 rings (SSSR count). The van der Waals surface area contributed by atoms with Crippen LogP contribution in [0.15, 0.2) is 12.4 Å². The van der Waals surface area contributed by atoms with Crippen molar-refractivity contribution in [3.05, 3.63) is 18.1 Å². The van der Waals surface area contributed by atoms with Crippen molar-refractivity contribution in [2.24, 2.45) is 0 Å². The van der Waals surface area contributed by atoms with Gasteiger partial charge in [0.1, 0.15) is 11.4 Å². The van der Waals surface area contributed by atoms with Gasteiger partial charge in [-0.1, -0.05) is 0 Å². The minimum Gasteiger partial charge on any atom is -0.480 e. The van der Waals surface area contributed by atoms with Crippen LogP contribution in [0.2, 0.25) is 0 Å². The van der Waals surface area contributed by atoms with Gasteiger partial charge >= 0.3 is 11.9 Å². The zero-order valence-electron chi connectivity index (χ0n) is 11.5. The Labute approximate surface area is 116 Å². The Kier molecular flexibility index (Phi) is 3.87. The Morgan fingerprint density at radius 3 is 2.80 bits per heavy atom. The molecule has 1 atom stereocenters. The maximum Gasteiger partial charge on any atom is 0.358 e. The third-order valence-corrected chi connectivity index (χ3v) is 3.64. The predicted octanol–water partition coefficient (Wildman–Crippen LogP) is 1.10. The number of rotatable bonds is 3. The summed E-state index contributed by atoms with van der Waals surface area (Å²) in [7, 11) is 1.26. The zero-order valence-corrected chi connectivity index (χ0v) is 11.5. The SMILES string of the molecule is COC(=O)c1cncc(N2CCCCC2(C)C(=O)O)n1. The van der Waals surface area contributed by atoms with Crippen LogP contribution in [0, 0.1) is 0 Å². The highest BCUT2D eigenvalue weighted by molar-refractivity contribution is 5.87. The van der Waals surface area contributed by atoms with Gasteiger partial charge in [0.2, 0.25) is 0 Å². The number of hydrogen-bond acceptors (Lipinski definition) is 6. The summed E-state index contributed by atoms with van der Waals surface area (Å²) in [6.07, 6.45) is 5.04. The van der Waals surface area contributed by atoms with Crippen molar-refractivity contribution in [3.63, 3.8) is 0 Å². The Balaban J connectivity index is 2.38. The van der Waals surface area contributed by atoms with Crippen LogP contribution < -0.4 is 4.90 Å². The second kappa shape index (κ2) is 5.44. The van der Waals surface area contributed by atoms with Gasteiger partial charge in [0.05, 0.1) is 19.5 Å². The third kappa shape index (κ3) is 2.43. The number of anilines is 1. The summed E-state index contributed by atoms with van der Waals surface area (Å²) in [6, 6.07) is 0.